The van der Waals surface area contributed by atoms with Gasteiger partial charge in [0.25, 0.3) is 0 Å². The van der Waals surface area contributed by atoms with Gasteiger partial charge in [0.1, 0.15) is 0 Å². The molecule has 1 aromatic carbocycles. The molecular weight excluding hydrogens is 194 g/mol. The number of nitrogens with one attached hydrogen (secondary N) is 1. The Kier molecular flexibility index (Phi) is 2.41. The van der Waals surface area contributed by atoms with Gasteiger partial charge >= 0.3 is 5.97 Å². The Balaban J connectivity index is 2.26. The van der Waals surface area contributed by atoms with Gasteiger partial charge in [0.15, 0.2) is 0 Å². The molecule has 0 bridgehead atoms. The van der Waals surface area contributed by atoms with Crippen molar-refractivity contribution in [1.29, 1.82) is 0 Å². The molecule has 1 aliphatic heterocycles. The van der Waals surface area contributed by atoms with Gasteiger partial charge in [0.05, 0.1) is 12.8 Å². The molecule has 1 amide bonds. The Morgan fingerprint density at radius 3 is 2.93 bits per heavy atom. The average molecular weight is 205 g/mol. The number of carboxylic acids is 1. The molecule has 15 heavy (non-hydrogen) atoms. The monoisotopic (exact) mass is 205 g/mol. The molecule has 0 unspecified atom stereocenters. The minimum absolute atomic E-state index is 0.0217. The Morgan fingerprint density at radius 1 is 1.40 bits per heavy atom. The molecule has 0 aliphatic carbocycles. The minimum Gasteiger partial charge on any atom is -0.481 e. The Morgan fingerprint density at radius 2 is 2.20 bits per heavy atom. The van der Waals surface area contributed by atoms with E-state index in [-0.39, 0.29) is 12.3 Å². The Bertz CT molecular complexity index is 426. The molecule has 2 rings (SSSR count). The number of fused-ring (bicyclic) bond motifs is 1. The molecule has 4 nitrogen and oxygen atoms in total. The van der Waals surface area contributed by atoms with Crippen molar-refractivity contribution in [2.24, 2.45) is 0 Å². The molecular formula is C11H11NO3. The highest BCUT2D eigenvalue weighted by Crippen LogP contribution is 2.16. The van der Waals surface area contributed by atoms with E-state index in [2.05, 4.69) is 5.32 Å². The second-order valence-electron chi connectivity index (χ2n) is 3.63. The third kappa shape index (κ3) is 2.15. The summed E-state index contributed by atoms with van der Waals surface area (Å²) in [4.78, 5) is 21.6. The molecule has 0 saturated heterocycles. The number of benzene rings is 1. The second-order valence-corrected chi connectivity index (χ2v) is 3.63. The van der Waals surface area contributed by atoms with Gasteiger partial charge in [-0.25, -0.2) is 0 Å². The van der Waals surface area contributed by atoms with Crippen molar-refractivity contribution < 1.29 is 14.7 Å². The van der Waals surface area contributed by atoms with E-state index in [1.165, 1.54) is 0 Å². The first-order valence-corrected chi connectivity index (χ1v) is 4.74. The first-order chi connectivity index (χ1) is 7.15. The van der Waals surface area contributed by atoms with Crippen LogP contribution in [0.25, 0.3) is 0 Å². The van der Waals surface area contributed by atoms with Crippen LogP contribution in [0.2, 0.25) is 0 Å². The van der Waals surface area contributed by atoms with Crippen LogP contribution >= 0.6 is 0 Å². The van der Waals surface area contributed by atoms with Crippen molar-refractivity contribution in [2.75, 3.05) is 0 Å². The van der Waals surface area contributed by atoms with E-state index in [4.69, 9.17) is 5.11 Å². The predicted octanol–water partition coefficient (Wildman–Crippen LogP) is 0.486. The maximum atomic E-state index is 11.1. The van der Waals surface area contributed by atoms with Crippen LogP contribution in [-0.2, 0) is 29.0 Å². The summed E-state index contributed by atoms with van der Waals surface area (Å²) in [6.07, 6.45) is 0.421. The van der Waals surface area contributed by atoms with Crippen molar-refractivity contribution in [1.82, 2.24) is 5.32 Å². The lowest BCUT2D eigenvalue weighted by atomic mass is 9.97. The van der Waals surface area contributed by atoms with Gasteiger partial charge in [0.2, 0.25) is 5.91 Å². The normalized spacial score (nSPS) is 14.3. The van der Waals surface area contributed by atoms with Crippen LogP contribution in [-0.4, -0.2) is 17.0 Å². The highest BCUT2D eigenvalue weighted by molar-refractivity contribution is 5.80. The molecule has 0 radical (unpaired) electrons. The van der Waals surface area contributed by atoms with E-state index in [1.54, 1.807) is 6.07 Å². The molecule has 2 N–H and O–H groups in total. The van der Waals surface area contributed by atoms with Crippen LogP contribution in [0.3, 0.4) is 0 Å². The van der Waals surface area contributed by atoms with Gasteiger partial charge in [-0.1, -0.05) is 18.2 Å². The zero-order valence-corrected chi connectivity index (χ0v) is 8.12. The maximum absolute atomic E-state index is 11.1. The van der Waals surface area contributed by atoms with E-state index >= 15 is 0 Å². The number of hydrogen-bond acceptors (Lipinski definition) is 2. The lowest BCUT2D eigenvalue weighted by molar-refractivity contribution is -0.136. The lowest BCUT2D eigenvalue weighted by Gasteiger charge is -2.17. The molecule has 0 aromatic heterocycles. The molecule has 1 aromatic rings. The van der Waals surface area contributed by atoms with E-state index < -0.39 is 5.97 Å². The highest BCUT2D eigenvalue weighted by Gasteiger charge is 2.15. The fraction of sp³-hybridized carbons (Fsp3) is 0.273. The second kappa shape index (κ2) is 3.73. The van der Waals surface area contributed by atoms with Gasteiger partial charge in [-0.3, -0.25) is 9.59 Å². The summed E-state index contributed by atoms with van der Waals surface area (Å²) < 4.78 is 0. The molecule has 0 saturated carbocycles. The number of carboxylic acid groups (broad SMARTS) is 1. The largest absolute Gasteiger partial charge is 0.481 e. The molecule has 1 heterocycles. The standard InChI is InChI=1S/C11H11NO3/c13-10-5-8-2-1-7(4-11(14)15)3-9(8)6-12-10/h1-3H,4-6H2,(H,12,13)(H,14,15). The first-order valence-electron chi connectivity index (χ1n) is 4.74. The van der Waals surface area contributed by atoms with E-state index in [0.29, 0.717) is 13.0 Å². The number of rotatable bonds is 2. The van der Waals surface area contributed by atoms with E-state index in [1.807, 2.05) is 12.1 Å². The molecule has 78 valence electrons. The van der Waals surface area contributed by atoms with Crippen molar-refractivity contribution in [3.8, 4) is 0 Å². The average Bonchev–Trinajstić information content (AvgIpc) is 2.17. The lowest BCUT2D eigenvalue weighted by Crippen LogP contribution is -2.30. The summed E-state index contributed by atoms with van der Waals surface area (Å²) in [5, 5.41) is 11.4. The first kappa shape index (κ1) is 9.71. The van der Waals surface area contributed by atoms with Gasteiger partial charge in [0, 0.05) is 6.54 Å². The van der Waals surface area contributed by atoms with Crippen molar-refractivity contribution in [3.05, 3.63) is 34.9 Å². The number of hydrogen-bond donors (Lipinski definition) is 2. The molecule has 4 heteroatoms. The zero-order chi connectivity index (χ0) is 10.8. The molecule has 0 fully saturated rings. The number of aliphatic carboxylic acids is 1. The van der Waals surface area contributed by atoms with E-state index in [9.17, 15) is 9.59 Å². The number of carbonyl (C=O) groups is 2. The van der Waals surface area contributed by atoms with Crippen LogP contribution < -0.4 is 5.32 Å². The molecule has 0 atom stereocenters. The molecule has 0 spiro atoms. The fourth-order valence-electron chi connectivity index (χ4n) is 1.73. The number of carbonyl (C=O) groups excluding carboxylic acids is 1. The van der Waals surface area contributed by atoms with Crippen LogP contribution in [0.5, 0.6) is 0 Å². The van der Waals surface area contributed by atoms with Crippen LogP contribution in [0.4, 0.5) is 0 Å². The summed E-state index contributed by atoms with van der Waals surface area (Å²) in [6.45, 7) is 0.502. The van der Waals surface area contributed by atoms with Crippen LogP contribution in [0.15, 0.2) is 18.2 Å². The zero-order valence-electron chi connectivity index (χ0n) is 8.12. The topological polar surface area (TPSA) is 66.4 Å². The van der Waals surface area contributed by atoms with Crippen LogP contribution in [0, 0.1) is 0 Å². The fourth-order valence-corrected chi connectivity index (χ4v) is 1.73. The van der Waals surface area contributed by atoms with Crippen molar-refractivity contribution >= 4 is 11.9 Å². The summed E-state index contributed by atoms with van der Waals surface area (Å²) in [6, 6.07) is 5.46. The Labute approximate surface area is 86.9 Å². The SMILES string of the molecule is O=C(O)Cc1ccc2c(c1)CNC(=O)C2. The van der Waals surface area contributed by atoms with Crippen molar-refractivity contribution in [3.63, 3.8) is 0 Å². The Hall–Kier alpha value is -1.84. The van der Waals surface area contributed by atoms with Gasteiger partial charge in [-0.2, -0.15) is 0 Å². The summed E-state index contributed by atoms with van der Waals surface area (Å²) in [5.74, 6) is -0.816. The molecule has 1 aliphatic rings. The van der Waals surface area contributed by atoms with Gasteiger partial charge in [-0.05, 0) is 16.7 Å². The predicted molar refractivity (Wildman–Crippen MR) is 53.3 cm³/mol. The summed E-state index contributed by atoms with van der Waals surface area (Å²) >= 11 is 0. The number of amides is 1. The van der Waals surface area contributed by atoms with Gasteiger partial charge < -0.3 is 10.4 Å². The maximum Gasteiger partial charge on any atom is 0.307 e. The minimum atomic E-state index is -0.838. The van der Waals surface area contributed by atoms with E-state index in [0.717, 1.165) is 16.7 Å². The summed E-state index contributed by atoms with van der Waals surface area (Å²) in [5.41, 5.74) is 2.79. The highest BCUT2D eigenvalue weighted by atomic mass is 16.4. The third-order valence-electron chi connectivity index (χ3n) is 2.45. The summed E-state index contributed by atoms with van der Waals surface area (Å²) in [7, 11) is 0. The van der Waals surface area contributed by atoms with Crippen molar-refractivity contribution in [2.45, 2.75) is 19.4 Å². The quantitative estimate of drug-likeness (QED) is 0.738. The smallest absolute Gasteiger partial charge is 0.307 e. The van der Waals surface area contributed by atoms with Crippen LogP contribution in [0.1, 0.15) is 16.7 Å². The van der Waals surface area contributed by atoms with Gasteiger partial charge in [-0.15, -0.1) is 0 Å². The third-order valence-corrected chi connectivity index (χ3v) is 2.45.